The number of nitrogens with two attached hydrogens (primary N) is 1. The average molecular weight is 321 g/mol. The summed E-state index contributed by atoms with van der Waals surface area (Å²) < 4.78 is 11.4. The SMILES string of the molecule is NC(=O)c1ccc(C#Cc2cccc(OC3CCCCO3)c2)cc1. The summed E-state index contributed by atoms with van der Waals surface area (Å²) in [6, 6.07) is 14.6. The normalized spacial score (nSPS) is 16.8. The minimum Gasteiger partial charge on any atom is -0.465 e. The van der Waals surface area contributed by atoms with Gasteiger partial charge in [-0.2, -0.15) is 0 Å². The van der Waals surface area contributed by atoms with E-state index in [0.29, 0.717) is 5.56 Å². The van der Waals surface area contributed by atoms with Gasteiger partial charge < -0.3 is 15.2 Å². The Balaban J connectivity index is 1.69. The minimum absolute atomic E-state index is 0.164. The van der Waals surface area contributed by atoms with E-state index in [4.69, 9.17) is 15.2 Å². The van der Waals surface area contributed by atoms with Crippen LogP contribution in [0.25, 0.3) is 0 Å². The summed E-state index contributed by atoms with van der Waals surface area (Å²) in [4.78, 5) is 11.1. The summed E-state index contributed by atoms with van der Waals surface area (Å²) in [6.07, 6.45) is 2.98. The fraction of sp³-hybridized carbons (Fsp3) is 0.250. The zero-order chi connectivity index (χ0) is 16.8. The molecule has 122 valence electrons. The molecule has 1 heterocycles. The van der Waals surface area contributed by atoms with E-state index < -0.39 is 5.91 Å². The molecule has 1 fully saturated rings. The third-order valence-corrected chi connectivity index (χ3v) is 3.76. The van der Waals surface area contributed by atoms with Crippen molar-refractivity contribution in [3.8, 4) is 17.6 Å². The van der Waals surface area contributed by atoms with Crippen molar-refractivity contribution in [3.63, 3.8) is 0 Å². The van der Waals surface area contributed by atoms with Gasteiger partial charge in [-0.1, -0.05) is 17.9 Å². The number of benzene rings is 2. The van der Waals surface area contributed by atoms with Crippen molar-refractivity contribution >= 4 is 5.91 Å². The molecule has 0 spiro atoms. The molecule has 1 aliphatic rings. The highest BCUT2D eigenvalue weighted by Crippen LogP contribution is 2.20. The molecule has 0 saturated carbocycles. The van der Waals surface area contributed by atoms with Gasteiger partial charge >= 0.3 is 0 Å². The molecule has 1 saturated heterocycles. The molecule has 1 unspecified atom stereocenters. The van der Waals surface area contributed by atoms with E-state index in [1.807, 2.05) is 24.3 Å². The Kier molecular flexibility index (Phi) is 5.15. The van der Waals surface area contributed by atoms with Crippen LogP contribution in [0.2, 0.25) is 0 Å². The highest BCUT2D eigenvalue weighted by Gasteiger charge is 2.14. The van der Waals surface area contributed by atoms with Crippen LogP contribution in [-0.4, -0.2) is 18.8 Å². The van der Waals surface area contributed by atoms with Gasteiger partial charge in [-0.05, 0) is 55.3 Å². The number of primary amides is 1. The van der Waals surface area contributed by atoms with Crippen LogP contribution >= 0.6 is 0 Å². The molecule has 24 heavy (non-hydrogen) atoms. The summed E-state index contributed by atoms with van der Waals surface area (Å²) >= 11 is 0. The summed E-state index contributed by atoms with van der Waals surface area (Å²) in [5, 5.41) is 0. The molecule has 0 aliphatic carbocycles. The van der Waals surface area contributed by atoms with E-state index in [2.05, 4.69) is 11.8 Å². The monoisotopic (exact) mass is 321 g/mol. The predicted molar refractivity (Wildman–Crippen MR) is 91.6 cm³/mol. The first-order chi connectivity index (χ1) is 11.7. The van der Waals surface area contributed by atoms with Crippen LogP contribution in [0.5, 0.6) is 5.75 Å². The van der Waals surface area contributed by atoms with E-state index in [0.717, 1.165) is 42.7 Å². The molecule has 4 heteroatoms. The number of hydrogen-bond acceptors (Lipinski definition) is 3. The first-order valence-corrected chi connectivity index (χ1v) is 8.01. The topological polar surface area (TPSA) is 61.6 Å². The largest absolute Gasteiger partial charge is 0.465 e. The Bertz CT molecular complexity index is 765. The molecule has 0 radical (unpaired) electrons. The van der Waals surface area contributed by atoms with Crippen molar-refractivity contribution in [1.29, 1.82) is 0 Å². The first-order valence-electron chi connectivity index (χ1n) is 8.01. The maximum atomic E-state index is 11.1. The molecule has 4 nitrogen and oxygen atoms in total. The van der Waals surface area contributed by atoms with Crippen molar-refractivity contribution in [2.45, 2.75) is 25.6 Å². The van der Waals surface area contributed by atoms with Gasteiger partial charge in [0.1, 0.15) is 5.75 Å². The quantitative estimate of drug-likeness (QED) is 0.884. The molecule has 0 aromatic heterocycles. The smallest absolute Gasteiger partial charge is 0.248 e. The van der Waals surface area contributed by atoms with Gasteiger partial charge in [-0.25, -0.2) is 0 Å². The van der Waals surface area contributed by atoms with Crippen molar-refractivity contribution in [2.24, 2.45) is 5.73 Å². The van der Waals surface area contributed by atoms with Crippen molar-refractivity contribution in [1.82, 2.24) is 0 Å². The molecule has 2 aromatic carbocycles. The lowest BCUT2D eigenvalue weighted by Gasteiger charge is -2.23. The molecule has 2 aromatic rings. The number of amides is 1. The zero-order valence-corrected chi connectivity index (χ0v) is 13.3. The van der Waals surface area contributed by atoms with E-state index >= 15 is 0 Å². The number of ether oxygens (including phenoxy) is 2. The fourth-order valence-electron chi connectivity index (χ4n) is 2.47. The van der Waals surface area contributed by atoms with Gasteiger partial charge in [0.05, 0.1) is 6.61 Å². The predicted octanol–water partition coefficient (Wildman–Crippen LogP) is 3.09. The van der Waals surface area contributed by atoms with Gasteiger partial charge in [0.2, 0.25) is 5.91 Å². The van der Waals surface area contributed by atoms with Crippen LogP contribution in [0.15, 0.2) is 48.5 Å². The molecule has 2 N–H and O–H groups in total. The maximum Gasteiger partial charge on any atom is 0.248 e. The highest BCUT2D eigenvalue weighted by atomic mass is 16.7. The molecule has 3 rings (SSSR count). The van der Waals surface area contributed by atoms with Crippen LogP contribution in [0, 0.1) is 11.8 Å². The molecule has 1 aliphatic heterocycles. The van der Waals surface area contributed by atoms with Crippen molar-refractivity contribution in [3.05, 3.63) is 65.2 Å². The lowest BCUT2D eigenvalue weighted by Crippen LogP contribution is -2.24. The number of hydrogen-bond donors (Lipinski definition) is 1. The Hall–Kier alpha value is -2.77. The second kappa shape index (κ2) is 7.67. The Morgan fingerprint density at radius 1 is 1.08 bits per heavy atom. The summed E-state index contributed by atoms with van der Waals surface area (Å²) in [5.74, 6) is 6.49. The first kappa shape index (κ1) is 16.1. The highest BCUT2D eigenvalue weighted by molar-refractivity contribution is 5.92. The third kappa shape index (κ3) is 4.37. The van der Waals surface area contributed by atoms with E-state index in [9.17, 15) is 4.79 Å². The Labute approximate surface area is 141 Å². The van der Waals surface area contributed by atoms with Gasteiger partial charge in [-0.3, -0.25) is 4.79 Å². The van der Waals surface area contributed by atoms with E-state index in [-0.39, 0.29) is 6.29 Å². The second-order valence-electron chi connectivity index (χ2n) is 5.63. The van der Waals surface area contributed by atoms with Crippen molar-refractivity contribution in [2.75, 3.05) is 6.61 Å². The molecule has 1 amide bonds. The number of carbonyl (C=O) groups is 1. The van der Waals surface area contributed by atoms with Crippen molar-refractivity contribution < 1.29 is 14.3 Å². The zero-order valence-electron chi connectivity index (χ0n) is 13.3. The van der Waals surface area contributed by atoms with Crippen LogP contribution in [-0.2, 0) is 4.74 Å². The van der Waals surface area contributed by atoms with E-state index in [1.54, 1.807) is 24.3 Å². The van der Waals surface area contributed by atoms with Crippen LogP contribution < -0.4 is 10.5 Å². The van der Waals surface area contributed by atoms with Gasteiger partial charge in [0.25, 0.3) is 0 Å². The van der Waals surface area contributed by atoms with Crippen LogP contribution in [0.3, 0.4) is 0 Å². The lowest BCUT2D eigenvalue weighted by atomic mass is 10.1. The van der Waals surface area contributed by atoms with Crippen LogP contribution in [0.1, 0.15) is 40.7 Å². The van der Waals surface area contributed by atoms with Crippen LogP contribution in [0.4, 0.5) is 0 Å². The summed E-state index contributed by atoms with van der Waals surface area (Å²) in [7, 11) is 0. The van der Waals surface area contributed by atoms with Gasteiger partial charge in [0, 0.05) is 23.1 Å². The number of rotatable bonds is 3. The van der Waals surface area contributed by atoms with Gasteiger partial charge in [-0.15, -0.1) is 0 Å². The fourth-order valence-corrected chi connectivity index (χ4v) is 2.47. The molecule has 1 atom stereocenters. The summed E-state index contributed by atoms with van der Waals surface area (Å²) in [6.45, 7) is 0.755. The maximum absolute atomic E-state index is 11.1. The number of carbonyl (C=O) groups excluding carboxylic acids is 1. The lowest BCUT2D eigenvalue weighted by molar-refractivity contribution is -0.105. The van der Waals surface area contributed by atoms with Gasteiger partial charge in [0.15, 0.2) is 6.29 Å². The Morgan fingerprint density at radius 3 is 2.58 bits per heavy atom. The van der Waals surface area contributed by atoms with E-state index in [1.165, 1.54) is 0 Å². The second-order valence-corrected chi connectivity index (χ2v) is 5.63. The molecular formula is C20H19NO3. The standard InChI is InChI=1S/C20H19NO3/c21-20(22)17-11-9-15(10-12-17)7-8-16-4-3-5-18(14-16)24-19-6-1-2-13-23-19/h3-5,9-12,14,19H,1-2,6,13H2,(H2,21,22). The minimum atomic E-state index is -0.440. The molecule has 0 bridgehead atoms. The summed E-state index contributed by atoms with van der Waals surface area (Å²) in [5.41, 5.74) is 7.38. The molecular weight excluding hydrogens is 302 g/mol. The Morgan fingerprint density at radius 2 is 1.88 bits per heavy atom. The average Bonchev–Trinajstić information content (AvgIpc) is 2.61. The third-order valence-electron chi connectivity index (χ3n) is 3.76.